The van der Waals surface area contributed by atoms with Crippen molar-refractivity contribution in [3.63, 3.8) is 0 Å². The first kappa shape index (κ1) is 8.70. The second-order valence-electron chi connectivity index (χ2n) is 1.90. The van der Waals surface area contributed by atoms with Crippen LogP contribution in [0.5, 0.6) is 0 Å². The van der Waals surface area contributed by atoms with E-state index in [1.54, 1.807) is 0 Å². The molecule has 0 rings (SSSR count). The predicted octanol–water partition coefficient (Wildman–Crippen LogP) is 2.84. The molecule has 0 aliphatic rings. The highest BCUT2D eigenvalue weighted by molar-refractivity contribution is 8.17. The Labute approximate surface area is 60.8 Å². The van der Waals surface area contributed by atoms with Crippen LogP contribution in [0.4, 0.5) is 0 Å². The van der Waals surface area contributed by atoms with Crippen molar-refractivity contribution in [3.05, 3.63) is 0 Å². The van der Waals surface area contributed by atoms with E-state index in [4.69, 9.17) is 0 Å². The molecular weight excluding hydrogens is 136 g/mol. The fourth-order valence-corrected chi connectivity index (χ4v) is 1.62. The van der Waals surface area contributed by atoms with E-state index < -0.39 is 0 Å². The lowest BCUT2D eigenvalue weighted by atomic mass is 10.4. The molecule has 0 fully saturated rings. The highest BCUT2D eigenvalue weighted by Crippen LogP contribution is 2.35. The van der Waals surface area contributed by atoms with Gasteiger partial charge in [0.2, 0.25) is 0 Å². The maximum atomic E-state index is 2.28. The Bertz CT molecular complexity index is 49.3. The highest BCUT2D eigenvalue weighted by atomic mass is 32.2. The minimum Gasteiger partial charge on any atom is -0.148 e. The summed E-state index contributed by atoms with van der Waals surface area (Å²) in [5, 5.41) is 0. The van der Waals surface area contributed by atoms with Gasteiger partial charge in [0, 0.05) is 0 Å². The molecule has 0 saturated carbocycles. The minimum atomic E-state index is 0.458. The average Bonchev–Trinajstić information content (AvgIpc) is 1.87. The molecule has 0 spiro atoms. The molecule has 0 nitrogen and oxygen atoms in total. The summed E-state index contributed by atoms with van der Waals surface area (Å²) in [7, 11) is 0. The zero-order valence-corrected chi connectivity index (χ0v) is 7.66. The molecule has 2 heteroatoms. The van der Waals surface area contributed by atoms with Gasteiger partial charge < -0.3 is 0 Å². The summed E-state index contributed by atoms with van der Waals surface area (Å²) in [6, 6.07) is 0. The molecule has 0 aromatic rings. The van der Waals surface area contributed by atoms with E-state index >= 15 is 0 Å². The summed E-state index contributed by atoms with van der Waals surface area (Å²) >= 11 is 3.87. The van der Waals surface area contributed by atoms with Gasteiger partial charge in [-0.25, -0.2) is 0 Å². The molecule has 0 aliphatic heterocycles. The molecule has 0 aromatic carbocycles. The highest BCUT2D eigenvalue weighted by Gasteiger charge is 2.17. The van der Waals surface area contributed by atoms with E-state index in [1.165, 1.54) is 6.42 Å². The summed E-state index contributed by atoms with van der Waals surface area (Å²) in [6.07, 6.45) is 5.58. The summed E-state index contributed by atoms with van der Waals surface area (Å²) in [5.41, 5.74) is 0. The SMILES string of the molecule is CCC(C)(SC)SC. The molecule has 0 amide bonds. The van der Waals surface area contributed by atoms with E-state index in [2.05, 4.69) is 26.4 Å². The van der Waals surface area contributed by atoms with E-state index in [1.807, 2.05) is 23.5 Å². The Balaban J connectivity index is 3.58. The molecule has 8 heavy (non-hydrogen) atoms. The molecule has 0 aliphatic carbocycles. The largest absolute Gasteiger partial charge is 0.148 e. The van der Waals surface area contributed by atoms with Gasteiger partial charge in [-0.15, -0.1) is 23.5 Å². The van der Waals surface area contributed by atoms with Crippen molar-refractivity contribution in [2.75, 3.05) is 12.5 Å². The standard InChI is InChI=1S/C6H14S2/c1-5-6(2,7-3)8-4/h5H2,1-4H3. The summed E-state index contributed by atoms with van der Waals surface area (Å²) in [5.74, 6) is 0. The lowest BCUT2D eigenvalue weighted by molar-refractivity contribution is 0.851. The van der Waals surface area contributed by atoms with Crippen LogP contribution < -0.4 is 0 Å². The van der Waals surface area contributed by atoms with Crippen LogP contribution in [0.25, 0.3) is 0 Å². The second-order valence-corrected chi connectivity index (χ2v) is 4.77. The summed E-state index contributed by atoms with van der Waals surface area (Å²) in [4.78, 5) is 0. The topological polar surface area (TPSA) is 0 Å². The fourth-order valence-electron chi connectivity index (χ4n) is 0.372. The zero-order valence-electron chi connectivity index (χ0n) is 6.02. The van der Waals surface area contributed by atoms with Crippen LogP contribution in [0.2, 0.25) is 0 Å². The number of hydrogen-bond acceptors (Lipinski definition) is 2. The molecule has 0 aromatic heterocycles. The van der Waals surface area contributed by atoms with Crippen LogP contribution in [-0.2, 0) is 0 Å². The first-order valence-electron chi connectivity index (χ1n) is 2.79. The number of hydrogen-bond donors (Lipinski definition) is 0. The third-order valence-corrected chi connectivity index (χ3v) is 4.81. The fraction of sp³-hybridized carbons (Fsp3) is 1.00. The summed E-state index contributed by atoms with van der Waals surface area (Å²) in [6.45, 7) is 4.51. The van der Waals surface area contributed by atoms with Crippen molar-refractivity contribution >= 4 is 23.5 Å². The van der Waals surface area contributed by atoms with Gasteiger partial charge in [-0.1, -0.05) is 6.92 Å². The quantitative estimate of drug-likeness (QED) is 0.567. The Morgan fingerprint density at radius 2 is 1.62 bits per heavy atom. The number of thioether (sulfide) groups is 2. The monoisotopic (exact) mass is 150 g/mol. The van der Waals surface area contributed by atoms with Crippen molar-refractivity contribution in [2.45, 2.75) is 24.3 Å². The molecule has 0 unspecified atom stereocenters. The minimum absolute atomic E-state index is 0.458. The first-order valence-corrected chi connectivity index (χ1v) is 5.23. The van der Waals surface area contributed by atoms with Crippen LogP contribution >= 0.6 is 23.5 Å². The van der Waals surface area contributed by atoms with Gasteiger partial charge in [0.05, 0.1) is 4.08 Å². The number of rotatable bonds is 3. The molecule has 50 valence electrons. The van der Waals surface area contributed by atoms with Crippen LogP contribution in [-0.4, -0.2) is 16.6 Å². The first-order chi connectivity index (χ1) is 3.68. The molecule has 0 saturated heterocycles. The average molecular weight is 150 g/mol. The third-order valence-electron chi connectivity index (χ3n) is 1.51. The van der Waals surface area contributed by atoms with Gasteiger partial charge in [0.15, 0.2) is 0 Å². The van der Waals surface area contributed by atoms with Crippen LogP contribution in [0, 0.1) is 0 Å². The smallest absolute Gasteiger partial charge is 0.0574 e. The van der Waals surface area contributed by atoms with Crippen LogP contribution in [0.3, 0.4) is 0 Å². The van der Waals surface area contributed by atoms with E-state index in [-0.39, 0.29) is 0 Å². The lowest BCUT2D eigenvalue weighted by Crippen LogP contribution is -2.10. The Morgan fingerprint density at radius 1 is 1.25 bits per heavy atom. The normalized spacial score (nSPS) is 12.0. The maximum absolute atomic E-state index is 2.28. The lowest BCUT2D eigenvalue weighted by Gasteiger charge is -2.22. The zero-order chi connectivity index (χ0) is 6.62. The third kappa shape index (κ3) is 2.31. The predicted molar refractivity (Wildman–Crippen MR) is 45.7 cm³/mol. The van der Waals surface area contributed by atoms with Gasteiger partial charge in [-0.2, -0.15) is 0 Å². The maximum Gasteiger partial charge on any atom is 0.0574 e. The summed E-state index contributed by atoms with van der Waals surface area (Å²) < 4.78 is 0.458. The van der Waals surface area contributed by atoms with Crippen molar-refractivity contribution in [3.8, 4) is 0 Å². The van der Waals surface area contributed by atoms with Crippen molar-refractivity contribution in [1.82, 2.24) is 0 Å². The second kappa shape index (κ2) is 3.67. The van der Waals surface area contributed by atoms with Crippen molar-refractivity contribution < 1.29 is 0 Å². The van der Waals surface area contributed by atoms with Gasteiger partial charge in [-0.05, 0) is 25.9 Å². The molecule has 0 heterocycles. The van der Waals surface area contributed by atoms with Gasteiger partial charge in [0.1, 0.15) is 0 Å². The Morgan fingerprint density at radius 3 is 1.62 bits per heavy atom. The Kier molecular flexibility index (Phi) is 4.00. The van der Waals surface area contributed by atoms with Gasteiger partial charge in [-0.3, -0.25) is 0 Å². The molecule has 0 N–H and O–H groups in total. The van der Waals surface area contributed by atoms with Crippen LogP contribution in [0.15, 0.2) is 0 Å². The molecular formula is C6H14S2. The van der Waals surface area contributed by atoms with Crippen molar-refractivity contribution in [1.29, 1.82) is 0 Å². The van der Waals surface area contributed by atoms with E-state index in [9.17, 15) is 0 Å². The van der Waals surface area contributed by atoms with Gasteiger partial charge >= 0.3 is 0 Å². The van der Waals surface area contributed by atoms with E-state index in [0.29, 0.717) is 4.08 Å². The molecule has 0 bridgehead atoms. The van der Waals surface area contributed by atoms with Crippen molar-refractivity contribution in [2.24, 2.45) is 0 Å². The van der Waals surface area contributed by atoms with Gasteiger partial charge in [0.25, 0.3) is 0 Å². The van der Waals surface area contributed by atoms with E-state index in [0.717, 1.165) is 0 Å². The van der Waals surface area contributed by atoms with Crippen LogP contribution in [0.1, 0.15) is 20.3 Å². The molecule has 0 radical (unpaired) electrons. The Hall–Kier alpha value is 0.700. The molecule has 0 atom stereocenters.